The number of fused-ring (bicyclic) bond motifs is 2. The highest BCUT2D eigenvalue weighted by atomic mass is 32.2. The Morgan fingerprint density at radius 2 is 1.26 bits per heavy atom. The SMILES string of the molecule is O=S(=O)(c1ccccc1)[C@@H]1CC2(c3ccccc3)C(OCc3cc(C(F)(F)F)cc(C(F)(F)F)c3)C=CC1N2Cc1ccccc1. The van der Waals surface area contributed by atoms with Crippen LogP contribution in [-0.2, 0) is 45.6 Å². The zero-order valence-electron chi connectivity index (χ0n) is 24.2. The lowest BCUT2D eigenvalue weighted by molar-refractivity contribution is -0.143. The average molecular weight is 658 g/mol. The fourth-order valence-corrected chi connectivity index (χ4v) is 8.62. The monoisotopic (exact) mass is 657 g/mol. The quantitative estimate of drug-likeness (QED) is 0.142. The molecule has 1 fully saturated rings. The third-order valence-corrected chi connectivity index (χ3v) is 10.9. The van der Waals surface area contributed by atoms with E-state index in [1.807, 2.05) is 53.4 Å². The van der Waals surface area contributed by atoms with Crippen molar-refractivity contribution in [2.75, 3.05) is 0 Å². The van der Waals surface area contributed by atoms with Gasteiger partial charge in [0.25, 0.3) is 0 Å². The van der Waals surface area contributed by atoms with Gasteiger partial charge in [-0.2, -0.15) is 26.3 Å². The summed E-state index contributed by atoms with van der Waals surface area (Å²) in [5.74, 6) is 0. The Hall–Kier alpha value is -3.93. The highest BCUT2D eigenvalue weighted by Crippen LogP contribution is 2.53. The van der Waals surface area contributed by atoms with Gasteiger partial charge in [0.15, 0.2) is 9.84 Å². The molecule has 0 radical (unpaired) electrons. The van der Waals surface area contributed by atoms with Crippen LogP contribution in [0.1, 0.15) is 34.2 Å². The number of rotatable bonds is 8. The first-order valence-corrected chi connectivity index (χ1v) is 16.1. The topological polar surface area (TPSA) is 46.6 Å². The van der Waals surface area contributed by atoms with Crippen molar-refractivity contribution >= 4 is 9.84 Å². The summed E-state index contributed by atoms with van der Waals surface area (Å²) >= 11 is 0. The van der Waals surface area contributed by atoms with Gasteiger partial charge in [0.2, 0.25) is 0 Å². The summed E-state index contributed by atoms with van der Waals surface area (Å²) in [6, 6.07) is 27.4. The third-order valence-electron chi connectivity index (χ3n) is 8.74. The van der Waals surface area contributed by atoms with E-state index in [1.165, 1.54) is 12.1 Å². The zero-order chi connectivity index (χ0) is 32.7. The Balaban J connectivity index is 1.45. The molecule has 3 unspecified atom stereocenters. The molecule has 0 spiro atoms. The fourth-order valence-electron chi connectivity index (χ4n) is 6.65. The van der Waals surface area contributed by atoms with Crippen LogP contribution in [0.3, 0.4) is 0 Å². The Labute approximate surface area is 262 Å². The van der Waals surface area contributed by atoms with Crippen molar-refractivity contribution in [3.8, 4) is 0 Å². The van der Waals surface area contributed by atoms with E-state index in [4.69, 9.17) is 4.74 Å². The number of alkyl halides is 6. The van der Waals surface area contributed by atoms with Crippen molar-refractivity contribution in [3.05, 3.63) is 149 Å². The Bertz CT molecular complexity index is 1780. The van der Waals surface area contributed by atoms with E-state index in [2.05, 4.69) is 0 Å². The van der Waals surface area contributed by atoms with E-state index in [0.717, 1.165) is 11.1 Å². The summed E-state index contributed by atoms with van der Waals surface area (Å²) < 4.78 is 116. The summed E-state index contributed by atoms with van der Waals surface area (Å²) in [5, 5.41) is -0.922. The molecule has 240 valence electrons. The molecule has 2 heterocycles. The molecule has 4 atom stereocenters. The smallest absolute Gasteiger partial charge is 0.367 e. The maximum Gasteiger partial charge on any atom is 0.416 e. The molecule has 6 rings (SSSR count). The number of sulfone groups is 1. The van der Waals surface area contributed by atoms with Gasteiger partial charge < -0.3 is 4.74 Å². The van der Waals surface area contributed by atoms with Crippen molar-refractivity contribution < 1.29 is 39.5 Å². The molecule has 0 aliphatic carbocycles. The van der Waals surface area contributed by atoms with Crippen molar-refractivity contribution in [1.82, 2.24) is 4.90 Å². The first-order valence-electron chi connectivity index (χ1n) is 14.5. The minimum atomic E-state index is -5.00. The maximum atomic E-state index is 14.2. The maximum absolute atomic E-state index is 14.2. The molecule has 4 aromatic carbocycles. The van der Waals surface area contributed by atoms with Crippen LogP contribution in [-0.4, -0.2) is 30.7 Å². The van der Waals surface area contributed by atoms with Gasteiger partial charge in [0.05, 0.1) is 39.5 Å². The van der Waals surface area contributed by atoms with Crippen molar-refractivity contribution in [1.29, 1.82) is 0 Å². The van der Waals surface area contributed by atoms with E-state index in [0.29, 0.717) is 18.7 Å². The molecule has 11 heteroatoms. The highest BCUT2D eigenvalue weighted by Gasteiger charge is 2.61. The first-order chi connectivity index (χ1) is 21.8. The molecule has 4 nitrogen and oxygen atoms in total. The van der Waals surface area contributed by atoms with Gasteiger partial charge >= 0.3 is 12.4 Å². The molecular formula is C35H29F6NO3S. The molecule has 4 aromatic rings. The van der Waals surface area contributed by atoms with Gasteiger partial charge in [0.1, 0.15) is 0 Å². The summed E-state index contributed by atoms with van der Waals surface area (Å²) in [6.45, 7) is -0.260. The molecule has 0 amide bonds. The Morgan fingerprint density at radius 3 is 1.83 bits per heavy atom. The van der Waals surface area contributed by atoms with Gasteiger partial charge in [0, 0.05) is 12.6 Å². The van der Waals surface area contributed by atoms with Crippen LogP contribution in [0.25, 0.3) is 0 Å². The minimum Gasteiger partial charge on any atom is -0.367 e. The summed E-state index contributed by atoms with van der Waals surface area (Å²) in [5.41, 5.74) is -2.68. The third kappa shape index (κ3) is 5.99. The summed E-state index contributed by atoms with van der Waals surface area (Å²) in [7, 11) is -3.90. The van der Waals surface area contributed by atoms with Crippen LogP contribution in [0, 0.1) is 0 Å². The standard InChI is InChI=1S/C35H29F6NO3S/c36-34(37,38)27-18-25(19-28(20-27)35(39,40)41)23-45-32-17-16-30-31(46(43,44)29-14-8-3-9-15-29)21-33(32,26-12-6-2-7-13-26)42(30)22-24-10-4-1-5-11-24/h1-20,30-32H,21-23H2/t30?,31-,32?,33?/m1/s1. The Morgan fingerprint density at radius 1 is 0.717 bits per heavy atom. The van der Waals surface area contributed by atoms with Gasteiger partial charge in [-0.1, -0.05) is 91.0 Å². The second-order valence-electron chi connectivity index (χ2n) is 11.5. The molecule has 1 saturated heterocycles. The lowest BCUT2D eigenvalue weighted by atomic mass is 9.80. The molecule has 2 aliphatic rings. The van der Waals surface area contributed by atoms with Gasteiger partial charge in [-0.3, -0.25) is 4.90 Å². The zero-order valence-corrected chi connectivity index (χ0v) is 25.1. The number of halogens is 6. The van der Waals surface area contributed by atoms with E-state index >= 15 is 0 Å². The second-order valence-corrected chi connectivity index (χ2v) is 13.7. The van der Waals surface area contributed by atoms with Gasteiger partial charge in [-0.25, -0.2) is 8.42 Å². The fraction of sp³-hybridized carbons (Fsp3) is 0.257. The van der Waals surface area contributed by atoms with E-state index in [1.54, 1.807) is 42.5 Å². The predicted octanol–water partition coefficient (Wildman–Crippen LogP) is 8.19. The number of benzene rings is 4. The number of hydrogen-bond acceptors (Lipinski definition) is 4. The lowest BCUT2D eigenvalue weighted by Gasteiger charge is -2.47. The Kier molecular flexibility index (Phi) is 8.37. The van der Waals surface area contributed by atoms with Crippen molar-refractivity contribution in [2.24, 2.45) is 0 Å². The first kappa shape index (κ1) is 32.0. The van der Waals surface area contributed by atoms with Crippen molar-refractivity contribution in [2.45, 2.75) is 59.8 Å². The molecular weight excluding hydrogens is 628 g/mol. The molecule has 0 saturated carbocycles. The van der Waals surface area contributed by atoms with Gasteiger partial charge in [-0.05, 0) is 53.4 Å². The van der Waals surface area contributed by atoms with Crippen LogP contribution < -0.4 is 0 Å². The molecule has 0 N–H and O–H groups in total. The normalized spacial score (nSPS) is 23.5. The largest absolute Gasteiger partial charge is 0.416 e. The predicted molar refractivity (Wildman–Crippen MR) is 160 cm³/mol. The average Bonchev–Trinajstić information content (AvgIpc) is 3.25. The van der Waals surface area contributed by atoms with E-state index in [-0.39, 0.29) is 22.9 Å². The number of ether oxygens (including phenoxy) is 1. The summed E-state index contributed by atoms with van der Waals surface area (Å²) in [4.78, 5) is 2.20. The van der Waals surface area contributed by atoms with E-state index < -0.39 is 62.9 Å². The summed E-state index contributed by atoms with van der Waals surface area (Å²) in [6.07, 6.45) is -7.43. The van der Waals surface area contributed by atoms with Crippen LogP contribution in [0.4, 0.5) is 26.3 Å². The molecule has 2 bridgehead atoms. The highest BCUT2D eigenvalue weighted by molar-refractivity contribution is 7.92. The molecule has 2 aliphatic heterocycles. The number of nitrogens with zero attached hydrogens (tertiary/aromatic N) is 1. The second kappa shape index (κ2) is 12.0. The van der Waals surface area contributed by atoms with E-state index in [9.17, 15) is 34.8 Å². The molecule has 0 aromatic heterocycles. The molecule has 46 heavy (non-hydrogen) atoms. The van der Waals surface area contributed by atoms with Gasteiger partial charge in [-0.15, -0.1) is 0 Å². The van der Waals surface area contributed by atoms with Crippen molar-refractivity contribution in [3.63, 3.8) is 0 Å². The minimum absolute atomic E-state index is 0.0692. The van der Waals surface area contributed by atoms with Crippen LogP contribution in [0.5, 0.6) is 0 Å². The van der Waals surface area contributed by atoms with Crippen LogP contribution in [0.2, 0.25) is 0 Å². The number of hydrogen-bond donors (Lipinski definition) is 0. The lowest BCUT2D eigenvalue weighted by Crippen LogP contribution is -2.54. The van der Waals surface area contributed by atoms with Crippen LogP contribution in [0.15, 0.2) is 126 Å². The van der Waals surface area contributed by atoms with Crippen LogP contribution >= 0.6 is 0 Å².